The van der Waals surface area contributed by atoms with Gasteiger partial charge in [0.25, 0.3) is 0 Å². The van der Waals surface area contributed by atoms with Crippen LogP contribution in [-0.2, 0) is 9.53 Å². The van der Waals surface area contributed by atoms with E-state index < -0.39 is 0 Å². The van der Waals surface area contributed by atoms with Gasteiger partial charge in [0.15, 0.2) is 0 Å². The third-order valence-corrected chi connectivity index (χ3v) is 3.85. The number of ether oxygens (including phenoxy) is 1. The molecule has 0 aromatic rings. The third-order valence-electron chi connectivity index (χ3n) is 3.33. The molecule has 0 aliphatic carbocycles. The van der Waals surface area contributed by atoms with Crippen LogP contribution in [0.25, 0.3) is 0 Å². The van der Waals surface area contributed by atoms with Crippen molar-refractivity contribution in [3.8, 4) is 0 Å². The number of hydrogen-bond donors (Lipinski definition) is 1. The minimum Gasteiger partial charge on any atom is -0.464 e. The average Bonchev–Trinajstić information content (AvgIpc) is 2.43. The smallest absolute Gasteiger partial charge is 0.305 e. The fourth-order valence-electron chi connectivity index (χ4n) is 1.94. The summed E-state index contributed by atoms with van der Waals surface area (Å²) in [7, 11) is 0. The Labute approximate surface area is 129 Å². The molecule has 0 spiro atoms. The minimum atomic E-state index is -0.365. The minimum absolute atomic E-state index is 0.118. The predicted octanol–water partition coefficient (Wildman–Crippen LogP) is 4.97. The van der Waals surface area contributed by atoms with Gasteiger partial charge in [0.2, 0.25) is 0 Å². The maximum atomic E-state index is 11.5. The Bertz CT molecular complexity index is 245. The summed E-state index contributed by atoms with van der Waals surface area (Å²) in [6.07, 6.45) is 11.8. The van der Waals surface area contributed by atoms with Crippen molar-refractivity contribution in [3.05, 3.63) is 0 Å². The molecule has 120 valence electrons. The van der Waals surface area contributed by atoms with Crippen molar-refractivity contribution in [3.63, 3.8) is 0 Å². The van der Waals surface area contributed by atoms with Gasteiger partial charge in [-0.2, -0.15) is 0 Å². The topological polar surface area (TPSA) is 38.3 Å². The molecule has 0 aliphatic rings. The molecule has 0 amide bonds. The zero-order chi connectivity index (χ0) is 15.3. The number of rotatable bonds is 13. The Morgan fingerprint density at radius 1 is 1.00 bits per heavy atom. The van der Waals surface area contributed by atoms with Crippen LogP contribution in [0.1, 0.15) is 85.0 Å². The van der Waals surface area contributed by atoms with Crippen LogP contribution in [0.2, 0.25) is 0 Å². The fraction of sp³-hybridized carbons (Fsp3) is 0.938. The molecule has 0 aliphatic heterocycles. The van der Waals surface area contributed by atoms with Crippen molar-refractivity contribution in [1.82, 2.24) is 4.84 Å². The maximum Gasteiger partial charge on any atom is 0.305 e. The molecule has 0 saturated heterocycles. The summed E-state index contributed by atoms with van der Waals surface area (Å²) < 4.78 is 5.18. The summed E-state index contributed by atoms with van der Waals surface area (Å²) in [5, 5.41) is 0. The molecule has 3 nitrogen and oxygen atoms in total. The highest BCUT2D eigenvalue weighted by molar-refractivity contribution is 6.13. The Morgan fingerprint density at radius 3 is 2.00 bits per heavy atom. The second-order valence-electron chi connectivity index (χ2n) is 6.22. The highest BCUT2D eigenvalue weighted by atomic mass is 35.5. The number of esters is 1. The van der Waals surface area contributed by atoms with Crippen LogP contribution >= 0.6 is 11.8 Å². The molecule has 0 heterocycles. The second kappa shape index (κ2) is 12.5. The lowest BCUT2D eigenvalue weighted by Gasteiger charge is -2.21. The van der Waals surface area contributed by atoms with Crippen molar-refractivity contribution in [2.24, 2.45) is 0 Å². The Morgan fingerprint density at radius 2 is 1.50 bits per heavy atom. The van der Waals surface area contributed by atoms with E-state index in [4.69, 9.17) is 16.5 Å². The number of carbonyl (C=O) groups is 1. The van der Waals surface area contributed by atoms with E-state index >= 15 is 0 Å². The van der Waals surface area contributed by atoms with Crippen LogP contribution < -0.4 is 4.84 Å². The van der Waals surface area contributed by atoms with E-state index in [-0.39, 0.29) is 11.5 Å². The summed E-state index contributed by atoms with van der Waals surface area (Å²) >= 11 is 5.54. The summed E-state index contributed by atoms with van der Waals surface area (Å²) in [5.74, 6) is -0.118. The van der Waals surface area contributed by atoms with Gasteiger partial charge in [-0.15, -0.1) is 0 Å². The number of nitrogens with one attached hydrogen (secondary N) is 1. The zero-order valence-corrected chi connectivity index (χ0v) is 14.2. The van der Waals surface area contributed by atoms with E-state index in [1.54, 1.807) is 0 Å². The van der Waals surface area contributed by atoms with Crippen LogP contribution in [0.5, 0.6) is 0 Å². The van der Waals surface area contributed by atoms with Gasteiger partial charge in [0, 0.05) is 6.42 Å². The first-order chi connectivity index (χ1) is 9.52. The Kier molecular flexibility index (Phi) is 12.3. The first kappa shape index (κ1) is 19.7. The lowest BCUT2D eigenvalue weighted by atomic mass is 10.1. The van der Waals surface area contributed by atoms with E-state index in [2.05, 4.69) is 11.8 Å². The molecule has 1 N–H and O–H groups in total. The second-order valence-corrected chi connectivity index (χ2v) is 6.41. The quantitative estimate of drug-likeness (QED) is 0.296. The van der Waals surface area contributed by atoms with E-state index in [9.17, 15) is 4.79 Å². The molecule has 0 rings (SSSR count). The molecule has 4 heteroatoms. The van der Waals surface area contributed by atoms with Crippen molar-refractivity contribution < 1.29 is 9.53 Å². The molecule has 0 radical (unpaired) electrons. The Balaban J connectivity index is 3.32. The van der Waals surface area contributed by atoms with Gasteiger partial charge in [0.1, 0.15) is 6.61 Å². The summed E-state index contributed by atoms with van der Waals surface area (Å²) in [4.78, 5) is 14.1. The molecule has 0 bridgehead atoms. The normalized spacial score (nSPS) is 11.6. The number of carbonyl (C=O) groups excluding carboxylic acids is 1. The average molecular weight is 306 g/mol. The van der Waals surface area contributed by atoms with Crippen LogP contribution in [0.4, 0.5) is 0 Å². The lowest BCUT2D eigenvalue weighted by molar-refractivity contribution is -0.145. The summed E-state index contributed by atoms with van der Waals surface area (Å²) in [6, 6.07) is 0. The molecular formula is C16H32ClNO2. The largest absolute Gasteiger partial charge is 0.464 e. The van der Waals surface area contributed by atoms with Gasteiger partial charge in [-0.1, -0.05) is 58.3 Å². The van der Waals surface area contributed by atoms with Gasteiger partial charge >= 0.3 is 5.97 Å². The van der Waals surface area contributed by atoms with Crippen molar-refractivity contribution in [1.29, 1.82) is 0 Å². The highest BCUT2D eigenvalue weighted by Gasteiger charge is 2.18. The van der Waals surface area contributed by atoms with Gasteiger partial charge in [-0.25, -0.2) is 4.84 Å². The van der Waals surface area contributed by atoms with Gasteiger partial charge in [-0.3, -0.25) is 4.79 Å². The molecule has 0 atom stereocenters. The van der Waals surface area contributed by atoms with E-state index in [0.717, 1.165) is 12.8 Å². The summed E-state index contributed by atoms with van der Waals surface area (Å²) in [5.41, 5.74) is -0.365. The van der Waals surface area contributed by atoms with Crippen molar-refractivity contribution in [2.45, 2.75) is 90.5 Å². The fourth-order valence-corrected chi connectivity index (χ4v) is 1.99. The third kappa shape index (κ3) is 12.7. The van der Waals surface area contributed by atoms with Crippen LogP contribution in [0.3, 0.4) is 0 Å². The standard InChI is InChI=1S/C16H32ClNO2/c1-4-5-6-7-8-9-10-11-12-13-15(19)20-14-16(2,3)18-17/h18H,4-14H2,1-3H3. The van der Waals surface area contributed by atoms with Crippen LogP contribution in [-0.4, -0.2) is 18.1 Å². The summed E-state index contributed by atoms with van der Waals surface area (Å²) in [6.45, 7) is 6.34. The maximum absolute atomic E-state index is 11.5. The van der Waals surface area contributed by atoms with Crippen molar-refractivity contribution >= 4 is 17.7 Å². The zero-order valence-electron chi connectivity index (χ0n) is 13.5. The molecule has 0 aromatic carbocycles. The lowest BCUT2D eigenvalue weighted by Crippen LogP contribution is -2.38. The highest BCUT2D eigenvalue weighted by Crippen LogP contribution is 2.11. The van der Waals surface area contributed by atoms with E-state index in [1.807, 2.05) is 13.8 Å². The number of halogens is 1. The molecule has 20 heavy (non-hydrogen) atoms. The Hall–Kier alpha value is -0.280. The predicted molar refractivity (Wildman–Crippen MR) is 85.9 cm³/mol. The number of hydrogen-bond acceptors (Lipinski definition) is 3. The van der Waals surface area contributed by atoms with Crippen LogP contribution in [0, 0.1) is 0 Å². The monoisotopic (exact) mass is 305 g/mol. The number of unbranched alkanes of at least 4 members (excludes halogenated alkanes) is 8. The SMILES string of the molecule is CCCCCCCCCCCC(=O)OCC(C)(C)NCl. The van der Waals surface area contributed by atoms with E-state index in [1.165, 1.54) is 44.9 Å². The van der Waals surface area contributed by atoms with Gasteiger partial charge in [0.05, 0.1) is 5.54 Å². The molecule has 0 unspecified atom stereocenters. The van der Waals surface area contributed by atoms with Crippen molar-refractivity contribution in [2.75, 3.05) is 6.61 Å². The molecule has 0 saturated carbocycles. The molecule has 0 aromatic heterocycles. The first-order valence-electron chi connectivity index (χ1n) is 8.05. The van der Waals surface area contributed by atoms with Gasteiger partial charge in [-0.05, 0) is 32.0 Å². The van der Waals surface area contributed by atoms with Crippen LogP contribution in [0.15, 0.2) is 0 Å². The first-order valence-corrected chi connectivity index (χ1v) is 8.43. The molecule has 0 fully saturated rings. The van der Waals surface area contributed by atoms with E-state index in [0.29, 0.717) is 13.0 Å². The van der Waals surface area contributed by atoms with Gasteiger partial charge < -0.3 is 4.74 Å². The molecular weight excluding hydrogens is 274 g/mol.